The van der Waals surface area contributed by atoms with Crippen molar-refractivity contribution in [1.82, 2.24) is 19.9 Å². The molecule has 238 valence electrons. The second kappa shape index (κ2) is 13.7. The zero-order valence-corrected chi connectivity index (χ0v) is 27.8. The van der Waals surface area contributed by atoms with E-state index < -0.39 is 27.7 Å². The topological polar surface area (TPSA) is 141 Å². The average Bonchev–Trinajstić information content (AvgIpc) is 3.42. The molecule has 1 aliphatic carbocycles. The van der Waals surface area contributed by atoms with Crippen molar-refractivity contribution in [3.05, 3.63) is 65.3 Å². The first-order valence-electron chi connectivity index (χ1n) is 14.9. The second-order valence-corrected chi connectivity index (χ2v) is 15.4. The Kier molecular flexibility index (Phi) is 10.4. The summed E-state index contributed by atoms with van der Waals surface area (Å²) in [5.74, 6) is 0.178. The summed E-state index contributed by atoms with van der Waals surface area (Å²) in [5, 5.41) is 16.2. The molecule has 0 saturated heterocycles. The van der Waals surface area contributed by atoms with Crippen molar-refractivity contribution in [3.63, 3.8) is 0 Å². The number of thiazole rings is 1. The Morgan fingerprint density at radius 1 is 1.02 bits per heavy atom. The van der Waals surface area contributed by atoms with Gasteiger partial charge in [0.25, 0.3) is 0 Å². The minimum atomic E-state index is -3.97. The smallest absolute Gasteiger partial charge is 0.407 e. The first-order valence-corrected chi connectivity index (χ1v) is 17.2. The lowest BCUT2D eigenvalue weighted by Crippen LogP contribution is -2.45. The maximum absolute atomic E-state index is 13.7. The van der Waals surface area contributed by atoms with Gasteiger partial charge in [0.15, 0.2) is 0 Å². The Morgan fingerprint density at radius 2 is 1.68 bits per heavy atom. The molecule has 4 rings (SSSR count). The van der Waals surface area contributed by atoms with Gasteiger partial charge in [-0.05, 0) is 84.9 Å². The molecule has 0 spiro atoms. The molecule has 1 fully saturated rings. The maximum Gasteiger partial charge on any atom is 0.407 e. The molecule has 1 heterocycles. The summed E-state index contributed by atoms with van der Waals surface area (Å²) in [6.45, 7) is 11.0. The number of carbonyl (C=O) groups excluding carboxylic acids is 1. The van der Waals surface area contributed by atoms with E-state index in [1.165, 1.54) is 17.4 Å². The lowest BCUT2D eigenvalue weighted by Gasteiger charge is -2.37. The van der Waals surface area contributed by atoms with Gasteiger partial charge in [-0.3, -0.25) is 0 Å². The Morgan fingerprint density at radius 3 is 2.27 bits per heavy atom. The normalized spacial score (nSPS) is 18.1. The van der Waals surface area contributed by atoms with Crippen LogP contribution in [0.25, 0.3) is 10.4 Å². The van der Waals surface area contributed by atoms with Crippen LogP contribution in [0.2, 0.25) is 0 Å². The van der Waals surface area contributed by atoms with Crippen molar-refractivity contribution in [2.75, 3.05) is 5.32 Å². The minimum absolute atomic E-state index is 0.0173. The van der Waals surface area contributed by atoms with Crippen molar-refractivity contribution in [2.24, 2.45) is 0 Å². The van der Waals surface area contributed by atoms with Gasteiger partial charge in [0.2, 0.25) is 10.0 Å². The van der Waals surface area contributed by atoms with Gasteiger partial charge in [0.05, 0.1) is 20.8 Å². The van der Waals surface area contributed by atoms with Crippen LogP contribution in [0.5, 0.6) is 0 Å². The molecule has 1 atom stereocenters. The molecular formula is C32H43N5O5S2. The van der Waals surface area contributed by atoms with Gasteiger partial charge in [-0.2, -0.15) is 0 Å². The van der Waals surface area contributed by atoms with Crippen molar-refractivity contribution in [3.8, 4) is 10.4 Å². The predicted octanol–water partition coefficient (Wildman–Crippen LogP) is 7.18. The Hall–Kier alpha value is -3.48. The van der Waals surface area contributed by atoms with Crippen LogP contribution in [-0.2, 0) is 10.0 Å². The second-order valence-electron chi connectivity index (χ2n) is 12.6. The summed E-state index contributed by atoms with van der Waals surface area (Å²) in [4.78, 5) is 31.6. The number of urea groups is 1. The summed E-state index contributed by atoms with van der Waals surface area (Å²) in [5.41, 5.74) is 1.07. The molecule has 1 aromatic heterocycles. The molecule has 0 radical (unpaired) electrons. The van der Waals surface area contributed by atoms with Gasteiger partial charge in [0, 0.05) is 41.0 Å². The first kappa shape index (κ1) is 33.4. The van der Waals surface area contributed by atoms with Crippen LogP contribution < -0.4 is 15.4 Å². The van der Waals surface area contributed by atoms with Gasteiger partial charge in [-0.1, -0.05) is 36.4 Å². The molecule has 4 N–H and O–H groups in total. The summed E-state index contributed by atoms with van der Waals surface area (Å²) in [7, 11) is -3.97. The largest absolute Gasteiger partial charge is 0.465 e. The van der Waals surface area contributed by atoms with Crippen molar-refractivity contribution in [1.29, 1.82) is 0 Å². The van der Waals surface area contributed by atoms with Crippen LogP contribution in [0.15, 0.2) is 59.6 Å². The summed E-state index contributed by atoms with van der Waals surface area (Å²) < 4.78 is 30.0. The number of sulfonamides is 1. The average molecular weight is 642 g/mol. The van der Waals surface area contributed by atoms with Crippen LogP contribution in [0.4, 0.5) is 15.3 Å². The zero-order valence-electron chi connectivity index (χ0n) is 26.1. The summed E-state index contributed by atoms with van der Waals surface area (Å²) in [6.07, 6.45) is 3.94. The molecule has 3 amide bonds. The molecule has 3 aromatic rings. The highest BCUT2D eigenvalue weighted by molar-refractivity contribution is 7.89. The number of benzene rings is 2. The fourth-order valence-corrected chi connectivity index (χ4v) is 8.53. The number of amides is 3. The summed E-state index contributed by atoms with van der Waals surface area (Å²) >= 11 is 1.46. The lowest BCUT2D eigenvalue weighted by atomic mass is 9.85. The first-order chi connectivity index (χ1) is 20.6. The van der Waals surface area contributed by atoms with Crippen LogP contribution in [0.1, 0.15) is 89.8 Å². The Labute approximate surface area is 264 Å². The molecule has 2 aromatic carbocycles. The molecule has 1 saturated carbocycles. The quantitative estimate of drug-likeness (QED) is 0.195. The molecule has 0 unspecified atom stereocenters. The highest BCUT2D eigenvalue weighted by Gasteiger charge is 2.32. The highest BCUT2D eigenvalue weighted by Crippen LogP contribution is 2.41. The van der Waals surface area contributed by atoms with E-state index in [1.54, 1.807) is 44.0 Å². The lowest BCUT2D eigenvalue weighted by molar-refractivity contribution is 0.0906. The molecule has 12 heteroatoms. The number of anilines is 1. The van der Waals surface area contributed by atoms with Crippen LogP contribution in [0, 0.1) is 0 Å². The van der Waals surface area contributed by atoms with Crippen molar-refractivity contribution in [2.45, 2.75) is 102 Å². The summed E-state index contributed by atoms with van der Waals surface area (Å²) in [6, 6.07) is 13.6. The Bertz CT molecular complexity index is 1560. The van der Waals surface area contributed by atoms with E-state index in [1.807, 2.05) is 51.1 Å². The van der Waals surface area contributed by atoms with Crippen LogP contribution in [-0.4, -0.2) is 53.2 Å². The maximum atomic E-state index is 13.7. The molecule has 1 aliphatic rings. The number of carbonyl (C=O) groups is 2. The predicted molar refractivity (Wildman–Crippen MR) is 175 cm³/mol. The number of carboxylic acid groups (broad SMARTS) is 1. The van der Waals surface area contributed by atoms with E-state index in [4.69, 9.17) is 0 Å². The molecule has 44 heavy (non-hydrogen) atoms. The van der Waals surface area contributed by atoms with Gasteiger partial charge in [0.1, 0.15) is 0 Å². The molecule has 0 bridgehead atoms. The Balaban J connectivity index is 1.56. The van der Waals surface area contributed by atoms with Crippen molar-refractivity contribution >= 4 is 39.2 Å². The number of rotatable bonds is 9. The fraction of sp³-hybridized carbons (Fsp3) is 0.469. The monoisotopic (exact) mass is 641 g/mol. The van der Waals surface area contributed by atoms with E-state index in [2.05, 4.69) is 20.3 Å². The van der Waals surface area contributed by atoms with Crippen LogP contribution in [0.3, 0.4) is 0 Å². The van der Waals surface area contributed by atoms with Gasteiger partial charge in [-0.25, -0.2) is 27.7 Å². The number of hydrogen-bond acceptors (Lipinski definition) is 6. The third-order valence-electron chi connectivity index (χ3n) is 7.62. The van der Waals surface area contributed by atoms with E-state index in [0.717, 1.165) is 36.3 Å². The number of aromatic nitrogens is 1. The SMILES string of the molecule is CC(C)N(C(=O)O)C1CCC(c2ncc(-c3ccc(NC(=O)N[C@@H](C)c4ccccc4)cc3S(=O)(=O)NC(C)(C)C)s2)CC1. The molecule has 10 nitrogen and oxygen atoms in total. The van der Waals surface area contributed by atoms with E-state index >= 15 is 0 Å². The number of nitrogens with zero attached hydrogens (tertiary/aromatic N) is 2. The standard InChI is InChI=1S/C32H43N5O5S2/c1-20(2)37(31(39)40)25-15-12-23(13-16-25)29-33-19-27(43-29)26-17-14-24(18-28(26)44(41,42)36-32(4,5)6)35-30(38)34-21(3)22-10-8-7-9-11-22/h7-11,14,17-21,23,25,36H,12-13,15-16H2,1-6H3,(H,39,40)(H2,34,35,38)/t21-,23?,25?/m0/s1. The number of hydrogen-bond donors (Lipinski definition) is 4. The molecule has 0 aliphatic heterocycles. The van der Waals surface area contributed by atoms with Gasteiger partial charge in [-0.15, -0.1) is 11.3 Å². The number of nitrogens with one attached hydrogen (secondary N) is 3. The highest BCUT2D eigenvalue weighted by atomic mass is 32.2. The van der Waals surface area contributed by atoms with Crippen LogP contribution >= 0.6 is 11.3 Å². The van der Waals surface area contributed by atoms with E-state index in [0.29, 0.717) is 16.1 Å². The third kappa shape index (κ3) is 8.36. The minimum Gasteiger partial charge on any atom is -0.465 e. The molecular weight excluding hydrogens is 599 g/mol. The van der Waals surface area contributed by atoms with Gasteiger partial charge >= 0.3 is 12.1 Å². The van der Waals surface area contributed by atoms with E-state index in [-0.39, 0.29) is 28.9 Å². The fourth-order valence-electron chi connectivity index (χ4n) is 5.67. The van der Waals surface area contributed by atoms with Gasteiger partial charge < -0.3 is 20.6 Å². The zero-order chi connectivity index (χ0) is 32.2. The van der Waals surface area contributed by atoms with E-state index in [9.17, 15) is 23.1 Å². The third-order valence-corrected chi connectivity index (χ3v) is 10.6. The van der Waals surface area contributed by atoms with Crippen molar-refractivity contribution < 1.29 is 23.1 Å².